The molecule has 5 nitrogen and oxygen atoms in total. The standard InChI is InChI=1S/C19H24N2O3/c1-3-5-12-24-15-8-6-14(7-9-15)19(22)21-18-11-10-16(23-4-2)13-17(18)20/h6-11,13H,3-5,12,20H2,1-2H3,(H,21,22). The minimum Gasteiger partial charge on any atom is -0.494 e. The second-order valence-electron chi connectivity index (χ2n) is 5.36. The number of carbonyl (C=O) groups excluding carboxylic acids is 1. The molecule has 0 spiro atoms. The molecule has 0 aliphatic carbocycles. The lowest BCUT2D eigenvalue weighted by Gasteiger charge is -2.11. The van der Waals surface area contributed by atoms with Crippen LogP contribution in [0.25, 0.3) is 0 Å². The molecule has 0 aliphatic heterocycles. The van der Waals surface area contributed by atoms with Gasteiger partial charge in [-0.3, -0.25) is 4.79 Å². The third-order valence-electron chi connectivity index (χ3n) is 3.47. The molecular weight excluding hydrogens is 304 g/mol. The Hall–Kier alpha value is -2.69. The minimum atomic E-state index is -0.217. The maximum absolute atomic E-state index is 12.3. The topological polar surface area (TPSA) is 73.6 Å². The van der Waals surface area contributed by atoms with Gasteiger partial charge in [0.15, 0.2) is 0 Å². The van der Waals surface area contributed by atoms with Crippen molar-refractivity contribution in [3.05, 3.63) is 48.0 Å². The number of carbonyl (C=O) groups is 1. The summed E-state index contributed by atoms with van der Waals surface area (Å²) in [6.45, 7) is 5.27. The molecule has 2 rings (SSSR count). The van der Waals surface area contributed by atoms with E-state index in [-0.39, 0.29) is 5.91 Å². The Kier molecular flexibility index (Phi) is 6.49. The van der Waals surface area contributed by atoms with Gasteiger partial charge < -0.3 is 20.5 Å². The number of benzene rings is 2. The van der Waals surface area contributed by atoms with E-state index in [1.54, 1.807) is 42.5 Å². The molecule has 3 N–H and O–H groups in total. The zero-order valence-electron chi connectivity index (χ0n) is 14.2. The van der Waals surface area contributed by atoms with Crippen molar-refractivity contribution in [2.24, 2.45) is 0 Å². The van der Waals surface area contributed by atoms with E-state index in [9.17, 15) is 4.79 Å². The molecule has 2 aromatic carbocycles. The third kappa shape index (κ3) is 4.91. The third-order valence-corrected chi connectivity index (χ3v) is 3.47. The molecule has 0 atom stereocenters. The average Bonchev–Trinajstić information content (AvgIpc) is 2.58. The smallest absolute Gasteiger partial charge is 0.255 e. The number of ether oxygens (including phenoxy) is 2. The lowest BCUT2D eigenvalue weighted by molar-refractivity contribution is 0.102. The van der Waals surface area contributed by atoms with Crippen molar-refractivity contribution < 1.29 is 14.3 Å². The Balaban J connectivity index is 1.99. The predicted octanol–water partition coefficient (Wildman–Crippen LogP) is 4.10. The van der Waals surface area contributed by atoms with E-state index in [1.165, 1.54) is 0 Å². The van der Waals surface area contributed by atoms with Crippen LogP contribution < -0.4 is 20.5 Å². The van der Waals surface area contributed by atoms with Gasteiger partial charge in [0, 0.05) is 11.6 Å². The highest BCUT2D eigenvalue weighted by Crippen LogP contribution is 2.25. The molecule has 1 amide bonds. The quantitative estimate of drug-likeness (QED) is 0.565. The summed E-state index contributed by atoms with van der Waals surface area (Å²) in [5.74, 6) is 1.23. The van der Waals surface area contributed by atoms with Crippen LogP contribution in [0, 0.1) is 0 Å². The largest absolute Gasteiger partial charge is 0.494 e. The van der Waals surface area contributed by atoms with Gasteiger partial charge in [0.2, 0.25) is 0 Å². The van der Waals surface area contributed by atoms with Gasteiger partial charge in [-0.25, -0.2) is 0 Å². The van der Waals surface area contributed by atoms with Crippen molar-refractivity contribution in [2.75, 3.05) is 24.3 Å². The van der Waals surface area contributed by atoms with Crippen LogP contribution in [0.5, 0.6) is 11.5 Å². The van der Waals surface area contributed by atoms with Crippen LogP contribution in [0.2, 0.25) is 0 Å². The predicted molar refractivity (Wildman–Crippen MR) is 96.8 cm³/mol. The van der Waals surface area contributed by atoms with Crippen LogP contribution in [0.3, 0.4) is 0 Å². The lowest BCUT2D eigenvalue weighted by Crippen LogP contribution is -2.13. The summed E-state index contributed by atoms with van der Waals surface area (Å²) in [6.07, 6.45) is 2.10. The van der Waals surface area contributed by atoms with E-state index in [4.69, 9.17) is 15.2 Å². The van der Waals surface area contributed by atoms with E-state index >= 15 is 0 Å². The first-order valence-electron chi connectivity index (χ1n) is 8.20. The van der Waals surface area contributed by atoms with Crippen molar-refractivity contribution in [3.63, 3.8) is 0 Å². The number of amides is 1. The van der Waals surface area contributed by atoms with Gasteiger partial charge in [-0.15, -0.1) is 0 Å². The van der Waals surface area contributed by atoms with E-state index in [1.807, 2.05) is 6.92 Å². The Morgan fingerprint density at radius 1 is 1.04 bits per heavy atom. The highest BCUT2D eigenvalue weighted by molar-refractivity contribution is 6.05. The fourth-order valence-electron chi connectivity index (χ4n) is 2.14. The van der Waals surface area contributed by atoms with Crippen LogP contribution in [-0.2, 0) is 0 Å². The number of nitrogen functional groups attached to an aromatic ring is 1. The fraction of sp³-hybridized carbons (Fsp3) is 0.316. The molecule has 5 heteroatoms. The number of hydrogen-bond acceptors (Lipinski definition) is 4. The summed E-state index contributed by atoms with van der Waals surface area (Å²) in [6, 6.07) is 12.3. The van der Waals surface area contributed by atoms with Gasteiger partial charge in [-0.1, -0.05) is 13.3 Å². The van der Waals surface area contributed by atoms with E-state index in [0.29, 0.717) is 35.9 Å². The van der Waals surface area contributed by atoms with E-state index < -0.39 is 0 Å². The number of unbranched alkanes of at least 4 members (excludes halogenated alkanes) is 1. The second kappa shape index (κ2) is 8.82. The molecule has 0 saturated carbocycles. The monoisotopic (exact) mass is 328 g/mol. The minimum absolute atomic E-state index is 0.217. The SMILES string of the molecule is CCCCOc1ccc(C(=O)Nc2ccc(OCC)cc2N)cc1. The normalized spacial score (nSPS) is 10.2. The summed E-state index contributed by atoms with van der Waals surface area (Å²) >= 11 is 0. The molecule has 24 heavy (non-hydrogen) atoms. The highest BCUT2D eigenvalue weighted by atomic mass is 16.5. The fourth-order valence-corrected chi connectivity index (χ4v) is 2.14. The van der Waals surface area contributed by atoms with Gasteiger partial charge in [-0.05, 0) is 49.7 Å². The second-order valence-corrected chi connectivity index (χ2v) is 5.36. The average molecular weight is 328 g/mol. The Labute approximate surface area is 142 Å². The number of hydrogen-bond donors (Lipinski definition) is 2. The molecule has 2 aromatic rings. The maximum Gasteiger partial charge on any atom is 0.255 e. The summed E-state index contributed by atoms with van der Waals surface area (Å²) in [7, 11) is 0. The molecule has 0 radical (unpaired) electrons. The van der Waals surface area contributed by atoms with Crippen molar-refractivity contribution in [1.82, 2.24) is 0 Å². The summed E-state index contributed by atoms with van der Waals surface area (Å²) < 4.78 is 11.0. The van der Waals surface area contributed by atoms with Gasteiger partial charge in [0.25, 0.3) is 5.91 Å². The van der Waals surface area contributed by atoms with Crippen LogP contribution in [0.1, 0.15) is 37.0 Å². The van der Waals surface area contributed by atoms with E-state index in [2.05, 4.69) is 12.2 Å². The van der Waals surface area contributed by atoms with Gasteiger partial charge in [-0.2, -0.15) is 0 Å². The Morgan fingerprint density at radius 3 is 2.38 bits per heavy atom. The first-order chi connectivity index (χ1) is 11.6. The zero-order valence-corrected chi connectivity index (χ0v) is 14.2. The van der Waals surface area contributed by atoms with Crippen LogP contribution in [0.4, 0.5) is 11.4 Å². The Morgan fingerprint density at radius 2 is 1.75 bits per heavy atom. The number of nitrogens with two attached hydrogens (primary N) is 1. The molecule has 0 bridgehead atoms. The van der Waals surface area contributed by atoms with Gasteiger partial charge in [0.1, 0.15) is 11.5 Å². The number of anilines is 2. The van der Waals surface area contributed by atoms with Gasteiger partial charge in [0.05, 0.1) is 24.6 Å². The van der Waals surface area contributed by atoms with E-state index in [0.717, 1.165) is 18.6 Å². The molecular formula is C19H24N2O3. The first-order valence-corrected chi connectivity index (χ1v) is 8.20. The number of rotatable bonds is 8. The Bertz CT molecular complexity index is 669. The van der Waals surface area contributed by atoms with Crippen LogP contribution >= 0.6 is 0 Å². The molecule has 0 aliphatic rings. The molecule has 0 unspecified atom stereocenters. The molecule has 0 aromatic heterocycles. The van der Waals surface area contributed by atoms with Crippen molar-refractivity contribution in [3.8, 4) is 11.5 Å². The summed E-state index contributed by atoms with van der Waals surface area (Å²) in [4.78, 5) is 12.3. The summed E-state index contributed by atoms with van der Waals surface area (Å²) in [5.41, 5.74) is 7.53. The molecule has 128 valence electrons. The number of nitrogens with one attached hydrogen (secondary N) is 1. The van der Waals surface area contributed by atoms with Crippen molar-refractivity contribution in [2.45, 2.75) is 26.7 Å². The zero-order chi connectivity index (χ0) is 17.4. The molecule has 0 saturated heterocycles. The van der Waals surface area contributed by atoms with Crippen molar-refractivity contribution in [1.29, 1.82) is 0 Å². The summed E-state index contributed by atoms with van der Waals surface area (Å²) in [5, 5.41) is 2.81. The molecule has 0 heterocycles. The van der Waals surface area contributed by atoms with Crippen molar-refractivity contribution >= 4 is 17.3 Å². The van der Waals surface area contributed by atoms with Crippen LogP contribution in [-0.4, -0.2) is 19.1 Å². The van der Waals surface area contributed by atoms with Gasteiger partial charge >= 0.3 is 0 Å². The van der Waals surface area contributed by atoms with Crippen LogP contribution in [0.15, 0.2) is 42.5 Å². The highest BCUT2D eigenvalue weighted by Gasteiger charge is 2.09. The lowest BCUT2D eigenvalue weighted by atomic mass is 10.2. The maximum atomic E-state index is 12.3. The molecule has 0 fully saturated rings. The first kappa shape index (κ1) is 17.7.